The molecule has 0 aliphatic heterocycles. The lowest BCUT2D eigenvalue weighted by Gasteiger charge is -2.25. The van der Waals surface area contributed by atoms with Crippen LogP contribution >= 0.6 is 15.9 Å². The summed E-state index contributed by atoms with van der Waals surface area (Å²) in [7, 11) is 0. The molecule has 2 rings (SSSR count). The Bertz CT molecular complexity index is 450. The van der Waals surface area contributed by atoms with Gasteiger partial charge in [-0.15, -0.1) is 0 Å². The van der Waals surface area contributed by atoms with Crippen LogP contribution in [-0.2, 0) is 6.18 Å². The van der Waals surface area contributed by atoms with Crippen molar-refractivity contribution >= 4 is 21.7 Å². The molecule has 1 aliphatic carbocycles. The number of alkyl halides is 3. The van der Waals surface area contributed by atoms with Crippen molar-refractivity contribution in [3.05, 3.63) is 33.8 Å². The minimum absolute atomic E-state index is 0.203. The molecule has 92 valence electrons. The number of ketones is 1. The van der Waals surface area contributed by atoms with Crippen LogP contribution in [0.2, 0.25) is 0 Å². The van der Waals surface area contributed by atoms with E-state index in [0.717, 1.165) is 12.5 Å². The van der Waals surface area contributed by atoms with Crippen LogP contribution in [0.1, 0.15) is 35.2 Å². The molecule has 0 radical (unpaired) electrons. The van der Waals surface area contributed by atoms with Gasteiger partial charge in [-0.25, -0.2) is 0 Å². The van der Waals surface area contributed by atoms with E-state index in [1.165, 1.54) is 12.1 Å². The van der Waals surface area contributed by atoms with Crippen molar-refractivity contribution < 1.29 is 18.0 Å². The Kier molecular flexibility index (Phi) is 3.30. The molecule has 17 heavy (non-hydrogen) atoms. The van der Waals surface area contributed by atoms with E-state index in [2.05, 4.69) is 15.9 Å². The van der Waals surface area contributed by atoms with Crippen molar-refractivity contribution in [2.45, 2.75) is 25.4 Å². The van der Waals surface area contributed by atoms with Crippen LogP contribution in [0.3, 0.4) is 0 Å². The summed E-state index contributed by atoms with van der Waals surface area (Å²) in [6.07, 6.45) is -2.16. The lowest BCUT2D eigenvalue weighted by Crippen LogP contribution is -2.24. The van der Waals surface area contributed by atoms with Gasteiger partial charge in [-0.05, 0) is 31.0 Å². The van der Waals surface area contributed by atoms with E-state index in [-0.39, 0.29) is 17.3 Å². The first kappa shape index (κ1) is 12.6. The summed E-state index contributed by atoms with van der Waals surface area (Å²) >= 11 is 2.99. The first-order valence-electron chi connectivity index (χ1n) is 5.30. The molecule has 5 heteroatoms. The highest BCUT2D eigenvalue weighted by Crippen LogP contribution is 2.37. The van der Waals surface area contributed by atoms with Crippen molar-refractivity contribution in [1.82, 2.24) is 0 Å². The highest BCUT2D eigenvalue weighted by molar-refractivity contribution is 9.10. The zero-order chi connectivity index (χ0) is 12.6. The maximum absolute atomic E-state index is 12.8. The van der Waals surface area contributed by atoms with Crippen molar-refractivity contribution in [3.8, 4) is 0 Å². The van der Waals surface area contributed by atoms with Crippen molar-refractivity contribution in [2.75, 3.05) is 0 Å². The average molecular weight is 307 g/mol. The van der Waals surface area contributed by atoms with Crippen LogP contribution in [0.15, 0.2) is 22.7 Å². The molecule has 0 bridgehead atoms. The molecule has 0 heterocycles. The molecular formula is C12H10BrF3O. The molecule has 1 fully saturated rings. The Morgan fingerprint density at radius 1 is 1.29 bits per heavy atom. The van der Waals surface area contributed by atoms with Crippen LogP contribution in [0.5, 0.6) is 0 Å². The topological polar surface area (TPSA) is 17.1 Å². The number of carbonyl (C=O) groups excluding carboxylic acids is 1. The lowest BCUT2D eigenvalue weighted by molar-refractivity contribution is -0.138. The summed E-state index contributed by atoms with van der Waals surface area (Å²) in [6, 6.07) is 3.70. The predicted molar refractivity (Wildman–Crippen MR) is 60.8 cm³/mol. The predicted octanol–water partition coefficient (Wildman–Crippen LogP) is 4.45. The maximum Gasteiger partial charge on any atom is 0.417 e. The van der Waals surface area contributed by atoms with Gasteiger partial charge < -0.3 is 0 Å². The van der Waals surface area contributed by atoms with E-state index < -0.39 is 11.7 Å². The molecule has 1 aromatic carbocycles. The zero-order valence-electron chi connectivity index (χ0n) is 8.85. The number of Topliss-reactive ketones (excluding diaryl/α,β-unsaturated/α-hetero) is 1. The Balaban J connectivity index is 2.42. The van der Waals surface area contributed by atoms with Crippen LogP contribution in [0, 0.1) is 5.92 Å². The van der Waals surface area contributed by atoms with Gasteiger partial charge in [-0.2, -0.15) is 13.2 Å². The van der Waals surface area contributed by atoms with Crippen LogP contribution in [0.25, 0.3) is 0 Å². The minimum atomic E-state index is -4.49. The van der Waals surface area contributed by atoms with Crippen molar-refractivity contribution in [2.24, 2.45) is 5.92 Å². The standard InChI is InChI=1S/C12H10BrF3O/c13-8-4-5-9(10(6-8)12(14,15)16)11(17)7-2-1-3-7/h4-7H,1-3H2. The van der Waals surface area contributed by atoms with Gasteiger partial charge in [0.05, 0.1) is 5.56 Å². The van der Waals surface area contributed by atoms with Gasteiger partial charge in [-0.1, -0.05) is 22.4 Å². The molecule has 0 saturated heterocycles. The molecule has 1 nitrogen and oxygen atoms in total. The average Bonchev–Trinajstić information content (AvgIpc) is 2.13. The second kappa shape index (κ2) is 4.44. The van der Waals surface area contributed by atoms with Crippen molar-refractivity contribution in [1.29, 1.82) is 0 Å². The third-order valence-corrected chi connectivity index (χ3v) is 3.52. The Morgan fingerprint density at radius 2 is 1.94 bits per heavy atom. The summed E-state index contributed by atoms with van der Waals surface area (Å²) in [5.41, 5.74) is -1.05. The molecule has 0 spiro atoms. The normalized spacial score (nSPS) is 16.7. The first-order valence-corrected chi connectivity index (χ1v) is 6.10. The fourth-order valence-electron chi connectivity index (χ4n) is 1.86. The smallest absolute Gasteiger partial charge is 0.294 e. The monoisotopic (exact) mass is 306 g/mol. The van der Waals surface area contributed by atoms with E-state index in [1.54, 1.807) is 0 Å². The van der Waals surface area contributed by atoms with Gasteiger partial charge in [0.25, 0.3) is 0 Å². The summed E-state index contributed by atoms with van der Waals surface area (Å²) in [6.45, 7) is 0. The van der Waals surface area contributed by atoms with E-state index in [0.29, 0.717) is 17.3 Å². The van der Waals surface area contributed by atoms with Gasteiger partial charge in [0.1, 0.15) is 0 Å². The Hall–Kier alpha value is -0.840. The molecule has 0 atom stereocenters. The van der Waals surface area contributed by atoms with Crippen LogP contribution in [-0.4, -0.2) is 5.78 Å². The second-order valence-corrected chi connectivity index (χ2v) is 5.10. The number of rotatable bonds is 2. The number of hydrogen-bond acceptors (Lipinski definition) is 1. The molecule has 1 aliphatic rings. The second-order valence-electron chi connectivity index (χ2n) is 4.18. The molecule has 0 N–H and O–H groups in total. The Morgan fingerprint density at radius 3 is 2.41 bits per heavy atom. The zero-order valence-corrected chi connectivity index (χ0v) is 10.4. The summed E-state index contributed by atoms with van der Waals surface area (Å²) < 4.78 is 38.7. The summed E-state index contributed by atoms with van der Waals surface area (Å²) in [5.74, 6) is -0.603. The summed E-state index contributed by atoms with van der Waals surface area (Å²) in [5, 5.41) is 0. The summed E-state index contributed by atoms with van der Waals surface area (Å²) in [4.78, 5) is 11.9. The van der Waals surface area contributed by atoms with Gasteiger partial charge in [0, 0.05) is 16.0 Å². The number of halogens is 4. The highest BCUT2D eigenvalue weighted by atomic mass is 79.9. The van der Waals surface area contributed by atoms with Crippen LogP contribution < -0.4 is 0 Å². The third kappa shape index (κ3) is 2.54. The fourth-order valence-corrected chi connectivity index (χ4v) is 2.22. The van der Waals surface area contributed by atoms with Gasteiger partial charge >= 0.3 is 6.18 Å². The fraction of sp³-hybridized carbons (Fsp3) is 0.417. The van der Waals surface area contributed by atoms with Gasteiger partial charge in [0.2, 0.25) is 0 Å². The molecule has 0 unspecified atom stereocenters. The number of hydrogen-bond donors (Lipinski definition) is 0. The highest BCUT2D eigenvalue weighted by Gasteiger charge is 2.37. The molecule has 1 aromatic rings. The maximum atomic E-state index is 12.8. The molecule has 1 saturated carbocycles. The van der Waals surface area contributed by atoms with Crippen molar-refractivity contribution in [3.63, 3.8) is 0 Å². The largest absolute Gasteiger partial charge is 0.417 e. The first-order chi connectivity index (χ1) is 7.89. The number of carbonyl (C=O) groups is 1. The molecule has 0 aromatic heterocycles. The minimum Gasteiger partial charge on any atom is -0.294 e. The van der Waals surface area contributed by atoms with Gasteiger partial charge in [0.15, 0.2) is 5.78 Å². The van der Waals surface area contributed by atoms with Crippen LogP contribution in [0.4, 0.5) is 13.2 Å². The lowest BCUT2D eigenvalue weighted by atomic mass is 9.79. The molecular weight excluding hydrogens is 297 g/mol. The SMILES string of the molecule is O=C(c1ccc(Br)cc1C(F)(F)F)C1CCC1. The van der Waals surface area contributed by atoms with E-state index in [4.69, 9.17) is 0 Å². The third-order valence-electron chi connectivity index (χ3n) is 3.03. The number of benzene rings is 1. The van der Waals surface area contributed by atoms with E-state index in [1.807, 2.05) is 0 Å². The van der Waals surface area contributed by atoms with E-state index in [9.17, 15) is 18.0 Å². The molecule has 0 amide bonds. The van der Waals surface area contributed by atoms with Gasteiger partial charge in [-0.3, -0.25) is 4.79 Å². The van der Waals surface area contributed by atoms with E-state index >= 15 is 0 Å². The Labute approximate surface area is 105 Å². The quantitative estimate of drug-likeness (QED) is 0.738.